The quantitative estimate of drug-likeness (QED) is 0.538. The number of nitrogens with two attached hydrogens (primary N) is 1. The number of fused-ring (bicyclic) bond motifs is 1. The Morgan fingerprint density at radius 2 is 2.10 bits per heavy atom. The lowest BCUT2D eigenvalue weighted by Crippen LogP contribution is -2.34. The first-order chi connectivity index (χ1) is 14.2. The summed E-state index contributed by atoms with van der Waals surface area (Å²) < 4.78 is 1.78. The Bertz CT molecular complexity index is 1250. The summed E-state index contributed by atoms with van der Waals surface area (Å²) in [5.74, 6) is 0.429. The van der Waals surface area contributed by atoms with Crippen molar-refractivity contribution >= 4 is 22.5 Å². The molecule has 1 fully saturated rings. The number of hydrogen-bond acceptors (Lipinski definition) is 8. The second kappa shape index (κ2) is 6.92. The molecule has 0 spiro atoms. The maximum absolute atomic E-state index is 9.06. The maximum Gasteiger partial charge on any atom is 0.151 e. The number of rotatable bonds is 4. The molecule has 8 nitrogen and oxygen atoms in total. The van der Waals surface area contributed by atoms with Gasteiger partial charge < -0.3 is 11.1 Å². The van der Waals surface area contributed by atoms with Crippen molar-refractivity contribution in [2.75, 3.05) is 12.4 Å². The van der Waals surface area contributed by atoms with E-state index in [0.29, 0.717) is 11.5 Å². The van der Waals surface area contributed by atoms with Crippen LogP contribution in [-0.2, 0) is 0 Å². The smallest absolute Gasteiger partial charge is 0.151 e. The van der Waals surface area contributed by atoms with Crippen LogP contribution in [0, 0.1) is 11.3 Å². The Morgan fingerprint density at radius 1 is 1.24 bits per heavy atom. The third kappa shape index (κ3) is 3.03. The third-order valence-corrected chi connectivity index (χ3v) is 6.38. The van der Waals surface area contributed by atoms with Gasteiger partial charge in [0.05, 0.1) is 34.2 Å². The van der Waals surface area contributed by atoms with Gasteiger partial charge in [-0.05, 0) is 37.1 Å². The molecule has 4 aromatic rings. The standard InChI is InChI=1S/C20H18N8S/c1-23-16-7-17(18-3-2-14-4-11(8-21)9-25-28(14)18)24-10-15(16)20-27-26-19(29-20)12-5-13(22)6-12/h2-4,7,9-10,12-13H,5-6,22H2,1H3,(H,23,24)/t12-,13-. The molecule has 0 amide bonds. The fourth-order valence-corrected chi connectivity index (χ4v) is 4.59. The Hall–Kier alpha value is -3.35. The van der Waals surface area contributed by atoms with Gasteiger partial charge in [0.1, 0.15) is 11.1 Å². The highest BCUT2D eigenvalue weighted by Gasteiger charge is 2.30. The Labute approximate surface area is 171 Å². The van der Waals surface area contributed by atoms with Crippen LogP contribution in [0.1, 0.15) is 29.3 Å². The third-order valence-electron chi connectivity index (χ3n) is 5.26. The van der Waals surface area contributed by atoms with Gasteiger partial charge in [-0.1, -0.05) is 11.3 Å². The van der Waals surface area contributed by atoms with Gasteiger partial charge in [0.25, 0.3) is 0 Å². The van der Waals surface area contributed by atoms with Gasteiger partial charge in [-0.3, -0.25) is 4.98 Å². The molecule has 0 atom stereocenters. The highest BCUT2D eigenvalue weighted by atomic mass is 32.1. The SMILES string of the molecule is CNc1cc(-c2ccc3cc(C#N)cnn23)ncc1-c1nnc([C@H]2C[C@H](N)C2)s1. The van der Waals surface area contributed by atoms with Crippen LogP contribution in [0.15, 0.2) is 36.7 Å². The Kier molecular flexibility index (Phi) is 4.23. The molecule has 5 rings (SSSR count). The lowest BCUT2D eigenvalue weighted by molar-refractivity contribution is 0.349. The lowest BCUT2D eigenvalue weighted by Gasteiger charge is -2.30. The predicted molar refractivity (Wildman–Crippen MR) is 112 cm³/mol. The molecule has 0 radical (unpaired) electrons. The molecule has 4 heterocycles. The molecule has 9 heteroatoms. The summed E-state index contributed by atoms with van der Waals surface area (Å²) in [6, 6.07) is 10.1. The zero-order valence-electron chi connectivity index (χ0n) is 15.7. The van der Waals surface area contributed by atoms with Crippen LogP contribution < -0.4 is 11.1 Å². The van der Waals surface area contributed by atoms with E-state index in [-0.39, 0.29) is 6.04 Å². The first-order valence-corrected chi connectivity index (χ1v) is 10.1. The fraction of sp³-hybridized carbons (Fsp3) is 0.250. The number of aromatic nitrogens is 5. The van der Waals surface area contributed by atoms with E-state index in [1.165, 1.54) is 0 Å². The molecule has 3 N–H and O–H groups in total. The van der Waals surface area contributed by atoms with Gasteiger partial charge in [-0.25, -0.2) is 4.52 Å². The average molecular weight is 402 g/mol. The van der Waals surface area contributed by atoms with Crippen molar-refractivity contribution in [1.82, 2.24) is 24.8 Å². The van der Waals surface area contributed by atoms with Crippen molar-refractivity contribution in [3.63, 3.8) is 0 Å². The number of nitrogens with zero attached hydrogens (tertiary/aromatic N) is 6. The minimum atomic E-state index is 0.288. The molecule has 144 valence electrons. The molecular weight excluding hydrogens is 384 g/mol. The summed E-state index contributed by atoms with van der Waals surface area (Å²) in [7, 11) is 1.88. The molecule has 0 aromatic carbocycles. The van der Waals surface area contributed by atoms with Crippen molar-refractivity contribution in [3.05, 3.63) is 47.2 Å². The monoisotopic (exact) mass is 402 g/mol. The van der Waals surface area contributed by atoms with Crippen molar-refractivity contribution in [2.24, 2.45) is 5.73 Å². The van der Waals surface area contributed by atoms with E-state index in [2.05, 4.69) is 31.7 Å². The average Bonchev–Trinajstić information content (AvgIpc) is 3.37. The van der Waals surface area contributed by atoms with E-state index in [9.17, 15) is 0 Å². The van der Waals surface area contributed by atoms with Crippen LogP contribution in [0.2, 0.25) is 0 Å². The first kappa shape index (κ1) is 17.7. The van der Waals surface area contributed by atoms with Crippen LogP contribution in [0.3, 0.4) is 0 Å². The van der Waals surface area contributed by atoms with Crippen molar-refractivity contribution in [3.8, 4) is 28.0 Å². The molecule has 0 bridgehead atoms. The summed E-state index contributed by atoms with van der Waals surface area (Å²) in [5, 5.41) is 27.3. The second-order valence-corrected chi connectivity index (χ2v) is 8.16. The first-order valence-electron chi connectivity index (χ1n) is 9.31. The predicted octanol–water partition coefficient (Wildman–Crippen LogP) is 3.03. The minimum absolute atomic E-state index is 0.288. The van der Waals surface area contributed by atoms with Crippen LogP contribution in [0.25, 0.3) is 27.5 Å². The largest absolute Gasteiger partial charge is 0.387 e. The molecule has 0 saturated heterocycles. The summed E-state index contributed by atoms with van der Waals surface area (Å²) in [6.45, 7) is 0. The van der Waals surface area contributed by atoms with Gasteiger partial charge in [-0.15, -0.1) is 10.2 Å². The summed E-state index contributed by atoms with van der Waals surface area (Å²) >= 11 is 1.61. The van der Waals surface area contributed by atoms with Crippen LogP contribution >= 0.6 is 11.3 Å². The molecule has 0 unspecified atom stereocenters. The van der Waals surface area contributed by atoms with E-state index in [0.717, 1.165) is 51.0 Å². The minimum Gasteiger partial charge on any atom is -0.387 e. The van der Waals surface area contributed by atoms with Gasteiger partial charge in [0.2, 0.25) is 0 Å². The van der Waals surface area contributed by atoms with Gasteiger partial charge in [0.15, 0.2) is 5.01 Å². The number of anilines is 1. The number of pyridine rings is 1. The zero-order chi connectivity index (χ0) is 20.0. The Balaban J connectivity index is 1.51. The number of hydrogen-bond donors (Lipinski definition) is 2. The van der Waals surface area contributed by atoms with Crippen molar-refractivity contribution < 1.29 is 0 Å². The van der Waals surface area contributed by atoms with Gasteiger partial charge in [0, 0.05) is 30.9 Å². The van der Waals surface area contributed by atoms with Crippen molar-refractivity contribution in [2.45, 2.75) is 24.8 Å². The van der Waals surface area contributed by atoms with E-state index in [1.54, 1.807) is 28.1 Å². The van der Waals surface area contributed by atoms with Crippen LogP contribution in [-0.4, -0.2) is 37.9 Å². The van der Waals surface area contributed by atoms with Crippen molar-refractivity contribution in [1.29, 1.82) is 5.26 Å². The van der Waals surface area contributed by atoms with E-state index in [1.807, 2.05) is 31.4 Å². The van der Waals surface area contributed by atoms with E-state index in [4.69, 9.17) is 11.0 Å². The van der Waals surface area contributed by atoms with Crippen LogP contribution in [0.5, 0.6) is 0 Å². The van der Waals surface area contributed by atoms with E-state index < -0.39 is 0 Å². The summed E-state index contributed by atoms with van der Waals surface area (Å²) in [4.78, 5) is 4.65. The van der Waals surface area contributed by atoms with Gasteiger partial charge in [-0.2, -0.15) is 10.4 Å². The van der Waals surface area contributed by atoms with E-state index >= 15 is 0 Å². The molecule has 1 saturated carbocycles. The molecule has 0 aliphatic heterocycles. The Morgan fingerprint density at radius 3 is 2.86 bits per heavy atom. The normalized spacial score (nSPS) is 18.4. The van der Waals surface area contributed by atoms with Crippen LogP contribution in [0.4, 0.5) is 5.69 Å². The summed E-state index contributed by atoms with van der Waals surface area (Å²) in [6.07, 6.45) is 5.33. The second-order valence-electron chi connectivity index (χ2n) is 7.15. The molecule has 1 aliphatic carbocycles. The fourth-order valence-electron chi connectivity index (χ4n) is 3.60. The maximum atomic E-state index is 9.06. The molecule has 1 aliphatic rings. The zero-order valence-corrected chi connectivity index (χ0v) is 16.5. The highest BCUT2D eigenvalue weighted by Crippen LogP contribution is 2.40. The molecule has 4 aromatic heterocycles. The lowest BCUT2D eigenvalue weighted by atomic mass is 9.81. The van der Waals surface area contributed by atoms with Gasteiger partial charge >= 0.3 is 0 Å². The molecule has 29 heavy (non-hydrogen) atoms. The molecular formula is C20H18N8S. The number of nitriles is 1. The number of nitrogens with one attached hydrogen (secondary N) is 1. The summed E-state index contributed by atoms with van der Waals surface area (Å²) in [5.41, 5.74) is 10.8. The topological polar surface area (TPSA) is 118 Å². The highest BCUT2D eigenvalue weighted by molar-refractivity contribution is 7.14.